The lowest BCUT2D eigenvalue weighted by atomic mass is 10.1. The van der Waals surface area contributed by atoms with E-state index in [0.717, 1.165) is 39.9 Å². The smallest absolute Gasteiger partial charge is 0.269 e. The maximum absolute atomic E-state index is 12.9. The highest BCUT2D eigenvalue weighted by Gasteiger charge is 2.26. The third-order valence-electron chi connectivity index (χ3n) is 6.03. The molecule has 0 spiro atoms. The van der Waals surface area contributed by atoms with Crippen molar-refractivity contribution in [3.05, 3.63) is 86.0 Å². The number of halogens is 1. The maximum Gasteiger partial charge on any atom is 0.269 e. The number of carbonyl (C=O) groups excluding carboxylic acids is 1. The number of nitrogens with zero attached hydrogens (tertiary/aromatic N) is 5. The number of carbonyl (C=O) groups is 1. The summed E-state index contributed by atoms with van der Waals surface area (Å²) in [5, 5.41) is 11.5. The summed E-state index contributed by atoms with van der Waals surface area (Å²) in [6, 6.07) is 13.7. The van der Waals surface area contributed by atoms with E-state index in [9.17, 15) is 14.9 Å². The molecule has 2 aromatic carbocycles. The molecule has 0 bridgehead atoms. The van der Waals surface area contributed by atoms with Crippen LogP contribution < -0.4 is 0 Å². The van der Waals surface area contributed by atoms with Gasteiger partial charge in [0.15, 0.2) is 4.96 Å². The predicted octanol–water partition coefficient (Wildman–Crippen LogP) is 4.89. The number of fused-ring (bicyclic) bond motifs is 1. The molecule has 8 nitrogen and oxygen atoms in total. The van der Waals surface area contributed by atoms with Crippen molar-refractivity contribution in [2.45, 2.75) is 13.5 Å². The number of aromatic nitrogens is 2. The summed E-state index contributed by atoms with van der Waals surface area (Å²) in [5.74, 6) is -0.0444. The van der Waals surface area contributed by atoms with E-state index in [0.29, 0.717) is 30.2 Å². The first-order chi connectivity index (χ1) is 16.4. The molecule has 0 saturated carbocycles. The van der Waals surface area contributed by atoms with Crippen LogP contribution in [0.15, 0.2) is 54.7 Å². The number of hydrogen-bond acceptors (Lipinski definition) is 6. The number of nitro groups is 1. The number of non-ortho nitro benzene ring substituents is 1. The average molecular weight is 496 g/mol. The molecule has 1 aliphatic heterocycles. The summed E-state index contributed by atoms with van der Waals surface area (Å²) >= 11 is 7.83. The Hall–Kier alpha value is -3.27. The predicted molar refractivity (Wildman–Crippen MR) is 133 cm³/mol. The van der Waals surface area contributed by atoms with Crippen LogP contribution >= 0.6 is 22.9 Å². The molecule has 3 heterocycles. The van der Waals surface area contributed by atoms with E-state index >= 15 is 0 Å². The van der Waals surface area contributed by atoms with Gasteiger partial charge in [-0.2, -0.15) is 0 Å². The molecule has 34 heavy (non-hydrogen) atoms. The van der Waals surface area contributed by atoms with E-state index < -0.39 is 4.92 Å². The van der Waals surface area contributed by atoms with Crippen LogP contribution in [0, 0.1) is 17.0 Å². The Kier molecular flexibility index (Phi) is 6.07. The number of nitro benzene ring substituents is 1. The van der Waals surface area contributed by atoms with E-state index in [4.69, 9.17) is 16.6 Å². The van der Waals surface area contributed by atoms with Gasteiger partial charge in [0.2, 0.25) is 0 Å². The van der Waals surface area contributed by atoms with E-state index in [2.05, 4.69) is 15.5 Å². The monoisotopic (exact) mass is 495 g/mol. The second-order valence-corrected chi connectivity index (χ2v) is 9.87. The molecule has 5 rings (SSSR count). The summed E-state index contributed by atoms with van der Waals surface area (Å²) in [7, 11) is 0. The Morgan fingerprint density at radius 1 is 1.12 bits per heavy atom. The highest BCUT2D eigenvalue weighted by molar-refractivity contribution is 7.17. The fourth-order valence-electron chi connectivity index (χ4n) is 4.25. The van der Waals surface area contributed by atoms with Crippen molar-refractivity contribution in [3.8, 4) is 11.3 Å². The fraction of sp³-hybridized carbons (Fsp3) is 0.250. The molecule has 0 radical (unpaired) electrons. The van der Waals surface area contributed by atoms with E-state index in [-0.39, 0.29) is 11.6 Å². The van der Waals surface area contributed by atoms with E-state index in [1.165, 1.54) is 12.1 Å². The minimum Gasteiger partial charge on any atom is -0.336 e. The first-order valence-electron chi connectivity index (χ1n) is 10.9. The normalized spacial score (nSPS) is 14.6. The van der Waals surface area contributed by atoms with Crippen molar-refractivity contribution in [3.63, 3.8) is 0 Å². The molecule has 174 valence electrons. The highest BCUT2D eigenvalue weighted by Crippen LogP contribution is 2.30. The van der Waals surface area contributed by atoms with Crippen LogP contribution in [-0.2, 0) is 6.54 Å². The molecule has 0 N–H and O–H groups in total. The lowest BCUT2D eigenvalue weighted by molar-refractivity contribution is -0.384. The van der Waals surface area contributed by atoms with Gasteiger partial charge >= 0.3 is 0 Å². The minimum absolute atomic E-state index is 0.0444. The van der Waals surface area contributed by atoms with Gasteiger partial charge in [-0.15, -0.1) is 11.3 Å². The fourth-order valence-corrected chi connectivity index (χ4v) is 5.31. The molecular weight excluding hydrogens is 474 g/mol. The minimum atomic E-state index is -0.400. The van der Waals surface area contributed by atoms with Crippen molar-refractivity contribution < 1.29 is 9.72 Å². The summed E-state index contributed by atoms with van der Waals surface area (Å²) in [6.45, 7) is 5.40. The molecule has 1 fully saturated rings. The number of thiazole rings is 1. The maximum atomic E-state index is 12.9. The van der Waals surface area contributed by atoms with Crippen LogP contribution in [0.4, 0.5) is 5.69 Å². The molecule has 1 amide bonds. The zero-order valence-electron chi connectivity index (χ0n) is 18.5. The Morgan fingerprint density at radius 2 is 1.82 bits per heavy atom. The summed E-state index contributed by atoms with van der Waals surface area (Å²) in [5.41, 5.74) is 3.31. The lowest BCUT2D eigenvalue weighted by Crippen LogP contribution is -2.48. The Labute approximate surface area is 205 Å². The number of benzene rings is 2. The number of aryl methyl sites for hydroxylation is 1. The quantitative estimate of drug-likeness (QED) is 0.291. The summed E-state index contributed by atoms with van der Waals surface area (Å²) in [4.78, 5) is 34.6. The topological polar surface area (TPSA) is 84.0 Å². The zero-order chi connectivity index (χ0) is 23.8. The number of piperazine rings is 1. The van der Waals surface area contributed by atoms with Crippen molar-refractivity contribution in [2.75, 3.05) is 26.2 Å². The molecular formula is C24H22ClN5O3S. The van der Waals surface area contributed by atoms with Crippen LogP contribution in [0.1, 0.15) is 20.9 Å². The van der Waals surface area contributed by atoms with Gasteiger partial charge in [-0.05, 0) is 31.2 Å². The molecule has 10 heteroatoms. The van der Waals surface area contributed by atoms with Crippen LogP contribution in [0.25, 0.3) is 16.2 Å². The lowest BCUT2D eigenvalue weighted by Gasteiger charge is -2.34. The number of amides is 1. The summed E-state index contributed by atoms with van der Waals surface area (Å²) in [6.07, 6.45) is 2.08. The first kappa shape index (κ1) is 22.5. The third kappa shape index (κ3) is 4.29. The molecule has 0 atom stereocenters. The van der Waals surface area contributed by atoms with Gasteiger partial charge in [0.1, 0.15) is 0 Å². The third-order valence-corrected chi connectivity index (χ3v) is 7.26. The molecule has 1 saturated heterocycles. The molecule has 0 unspecified atom stereocenters. The molecule has 0 aliphatic carbocycles. The van der Waals surface area contributed by atoms with Crippen LogP contribution in [0.5, 0.6) is 0 Å². The number of rotatable bonds is 5. The second kappa shape index (κ2) is 9.17. The van der Waals surface area contributed by atoms with Crippen LogP contribution in [-0.4, -0.2) is 56.2 Å². The average Bonchev–Trinajstić information content (AvgIpc) is 3.36. The van der Waals surface area contributed by atoms with Crippen molar-refractivity contribution >= 4 is 39.5 Å². The van der Waals surface area contributed by atoms with Crippen molar-refractivity contribution in [1.29, 1.82) is 0 Å². The van der Waals surface area contributed by atoms with Crippen LogP contribution in [0.3, 0.4) is 0 Å². The van der Waals surface area contributed by atoms with Gasteiger partial charge in [-0.1, -0.05) is 23.7 Å². The number of imidazole rings is 1. The molecule has 2 aromatic heterocycles. The van der Waals surface area contributed by atoms with Gasteiger partial charge in [0.25, 0.3) is 11.6 Å². The Morgan fingerprint density at radius 3 is 2.50 bits per heavy atom. The molecule has 1 aliphatic rings. The van der Waals surface area contributed by atoms with Crippen molar-refractivity contribution in [1.82, 2.24) is 19.2 Å². The zero-order valence-corrected chi connectivity index (χ0v) is 20.1. The Balaban J connectivity index is 1.36. The van der Waals surface area contributed by atoms with Crippen molar-refractivity contribution in [2.24, 2.45) is 0 Å². The Bertz CT molecular complexity index is 1370. The van der Waals surface area contributed by atoms with E-state index in [1.807, 2.05) is 24.0 Å². The van der Waals surface area contributed by atoms with Gasteiger partial charge in [0.05, 0.1) is 26.9 Å². The van der Waals surface area contributed by atoms with Gasteiger partial charge in [-0.3, -0.25) is 24.2 Å². The highest BCUT2D eigenvalue weighted by atomic mass is 35.5. The van der Waals surface area contributed by atoms with Crippen LogP contribution in [0.2, 0.25) is 5.02 Å². The van der Waals surface area contributed by atoms with Gasteiger partial charge in [-0.25, -0.2) is 4.98 Å². The van der Waals surface area contributed by atoms with E-state index in [1.54, 1.807) is 35.6 Å². The largest absolute Gasteiger partial charge is 0.336 e. The first-order valence-corrected chi connectivity index (χ1v) is 12.1. The standard InChI is InChI=1S/C24H22ClN5O3S/c1-16-14-29-21(22(26-24(29)34-16)17-6-8-18(9-7-17)30(32)33)15-27-10-12-28(13-11-27)23(31)19-4-2-3-5-20(19)25/h2-9,14H,10-13,15H2,1H3. The number of hydrogen-bond donors (Lipinski definition) is 0. The van der Waals surface area contributed by atoms with Gasteiger partial charge in [0, 0.05) is 61.5 Å². The second-order valence-electron chi connectivity index (χ2n) is 8.25. The summed E-state index contributed by atoms with van der Waals surface area (Å²) < 4.78 is 2.11. The van der Waals surface area contributed by atoms with Gasteiger partial charge < -0.3 is 4.90 Å². The molecule has 4 aromatic rings. The SMILES string of the molecule is Cc1cn2c(CN3CCN(C(=O)c4ccccc4Cl)CC3)c(-c3ccc([N+](=O)[O-])cc3)nc2s1.